The second kappa shape index (κ2) is 8.73. The van der Waals surface area contributed by atoms with Gasteiger partial charge in [-0.15, -0.1) is 11.3 Å². The van der Waals surface area contributed by atoms with Crippen LogP contribution in [0.15, 0.2) is 51.8 Å². The van der Waals surface area contributed by atoms with E-state index in [9.17, 15) is 9.59 Å². The maximum Gasteiger partial charge on any atom is 0.259 e. The Morgan fingerprint density at radius 2 is 2.03 bits per heavy atom. The Labute approximate surface area is 184 Å². The van der Waals surface area contributed by atoms with E-state index in [2.05, 4.69) is 19.2 Å². The standard InChI is InChI=1S/C22H24N4O2S2/c1-13(2)11-18-21(28)26-19(24-18)16-8-4-5-9-17(16)25-22(26)30-14(3)20(27)23-12-15-7-6-10-29-15/h4-10,13-14,18H,11-12H2,1-3H3,(H,23,27). The van der Waals surface area contributed by atoms with Gasteiger partial charge in [-0.3, -0.25) is 14.6 Å². The Bertz CT molecular complexity index is 1010. The first-order valence-electron chi connectivity index (χ1n) is 10.0. The highest BCUT2D eigenvalue weighted by atomic mass is 32.2. The van der Waals surface area contributed by atoms with Crippen LogP contribution in [0.2, 0.25) is 0 Å². The van der Waals surface area contributed by atoms with E-state index in [0.717, 1.165) is 16.1 Å². The van der Waals surface area contributed by atoms with Crippen molar-refractivity contribution in [1.29, 1.82) is 0 Å². The molecule has 2 unspecified atom stereocenters. The normalized spacial score (nSPS) is 18.6. The number of thioether (sulfide) groups is 1. The summed E-state index contributed by atoms with van der Waals surface area (Å²) in [6.45, 7) is 6.51. The predicted molar refractivity (Wildman–Crippen MR) is 123 cm³/mol. The summed E-state index contributed by atoms with van der Waals surface area (Å²) in [5.74, 6) is 0.851. The maximum atomic E-state index is 13.1. The predicted octanol–water partition coefficient (Wildman–Crippen LogP) is 4.19. The van der Waals surface area contributed by atoms with E-state index >= 15 is 0 Å². The van der Waals surface area contributed by atoms with Gasteiger partial charge in [0.05, 0.1) is 17.5 Å². The minimum Gasteiger partial charge on any atom is -0.350 e. The van der Waals surface area contributed by atoms with Crippen molar-refractivity contribution in [3.05, 3.63) is 52.2 Å². The molecule has 0 spiro atoms. The lowest BCUT2D eigenvalue weighted by Crippen LogP contribution is -2.43. The first-order chi connectivity index (χ1) is 14.4. The lowest BCUT2D eigenvalue weighted by molar-refractivity contribution is -0.125. The van der Waals surface area contributed by atoms with Crippen molar-refractivity contribution in [2.24, 2.45) is 15.9 Å². The van der Waals surface area contributed by atoms with Crippen LogP contribution in [0.1, 0.15) is 37.6 Å². The molecule has 8 heteroatoms. The fourth-order valence-electron chi connectivity index (χ4n) is 3.42. The van der Waals surface area contributed by atoms with Crippen LogP contribution in [0.5, 0.6) is 0 Å². The van der Waals surface area contributed by atoms with Gasteiger partial charge in [-0.25, -0.2) is 9.89 Å². The average molecular weight is 441 g/mol. The fourth-order valence-corrected chi connectivity index (χ4v) is 5.01. The van der Waals surface area contributed by atoms with Gasteiger partial charge in [0, 0.05) is 10.4 Å². The summed E-state index contributed by atoms with van der Waals surface area (Å²) in [5.41, 5.74) is 1.63. The van der Waals surface area contributed by atoms with Crippen LogP contribution in [0.4, 0.5) is 5.69 Å². The van der Waals surface area contributed by atoms with Crippen molar-refractivity contribution in [3.63, 3.8) is 0 Å². The number of carbonyl (C=O) groups is 2. The summed E-state index contributed by atoms with van der Waals surface area (Å²) in [4.78, 5) is 37.9. The molecule has 1 aromatic carbocycles. The zero-order chi connectivity index (χ0) is 21.3. The summed E-state index contributed by atoms with van der Waals surface area (Å²) in [6, 6.07) is 11.2. The van der Waals surface area contributed by atoms with Gasteiger partial charge < -0.3 is 5.32 Å². The molecule has 2 aromatic rings. The minimum absolute atomic E-state index is 0.0642. The molecule has 2 aliphatic heterocycles. The van der Waals surface area contributed by atoms with Gasteiger partial charge in [0.15, 0.2) is 5.17 Å². The second-order valence-electron chi connectivity index (χ2n) is 7.74. The number of amidine groups is 2. The van der Waals surface area contributed by atoms with Crippen LogP contribution in [0.3, 0.4) is 0 Å². The summed E-state index contributed by atoms with van der Waals surface area (Å²) in [5, 5.41) is 5.07. The third-order valence-corrected chi connectivity index (χ3v) is 6.84. The molecule has 0 radical (unpaired) electrons. The Morgan fingerprint density at radius 1 is 1.23 bits per heavy atom. The topological polar surface area (TPSA) is 74.1 Å². The molecule has 2 atom stereocenters. The highest BCUT2D eigenvalue weighted by Gasteiger charge is 2.42. The highest BCUT2D eigenvalue weighted by molar-refractivity contribution is 8.15. The molecule has 30 heavy (non-hydrogen) atoms. The van der Waals surface area contributed by atoms with Crippen LogP contribution >= 0.6 is 23.1 Å². The molecule has 0 fully saturated rings. The Morgan fingerprint density at radius 3 is 2.77 bits per heavy atom. The summed E-state index contributed by atoms with van der Waals surface area (Å²) in [6.07, 6.45) is 0.690. The number of amides is 2. The van der Waals surface area contributed by atoms with Crippen LogP contribution in [-0.4, -0.2) is 39.0 Å². The number of nitrogens with zero attached hydrogens (tertiary/aromatic N) is 3. The number of para-hydroxylation sites is 1. The van der Waals surface area contributed by atoms with E-state index in [-0.39, 0.29) is 11.8 Å². The number of aliphatic imine (C=N–C) groups is 2. The average Bonchev–Trinajstić information content (AvgIpc) is 3.34. The molecule has 0 aliphatic carbocycles. The molecule has 2 amide bonds. The van der Waals surface area contributed by atoms with Crippen molar-refractivity contribution in [3.8, 4) is 0 Å². The first kappa shape index (κ1) is 20.8. The van der Waals surface area contributed by atoms with Crippen molar-refractivity contribution in [2.75, 3.05) is 0 Å². The van der Waals surface area contributed by atoms with E-state index in [1.54, 1.807) is 16.2 Å². The van der Waals surface area contributed by atoms with Crippen molar-refractivity contribution in [2.45, 2.75) is 45.0 Å². The Hall–Kier alpha value is -2.45. The zero-order valence-corrected chi connectivity index (χ0v) is 18.8. The molecule has 2 aliphatic rings. The largest absolute Gasteiger partial charge is 0.350 e. The number of hydrogen-bond donors (Lipinski definition) is 1. The lowest BCUT2D eigenvalue weighted by Gasteiger charge is -2.27. The van der Waals surface area contributed by atoms with Crippen molar-refractivity contribution < 1.29 is 9.59 Å². The highest BCUT2D eigenvalue weighted by Crippen LogP contribution is 2.35. The van der Waals surface area contributed by atoms with E-state index < -0.39 is 11.3 Å². The molecule has 0 saturated heterocycles. The van der Waals surface area contributed by atoms with Crippen molar-refractivity contribution in [1.82, 2.24) is 10.2 Å². The number of thiophene rings is 1. The Balaban J connectivity index is 1.55. The van der Waals surface area contributed by atoms with Crippen LogP contribution in [-0.2, 0) is 16.1 Å². The van der Waals surface area contributed by atoms with Gasteiger partial charge in [0.1, 0.15) is 11.9 Å². The Kier molecular flexibility index (Phi) is 6.06. The summed E-state index contributed by atoms with van der Waals surface area (Å²) < 4.78 is 0. The molecule has 0 saturated carbocycles. The molecule has 1 aromatic heterocycles. The van der Waals surface area contributed by atoms with E-state index in [4.69, 9.17) is 9.98 Å². The smallest absolute Gasteiger partial charge is 0.259 e. The number of benzene rings is 1. The minimum atomic E-state index is -0.403. The molecular formula is C22H24N4O2S2. The third-order valence-electron chi connectivity index (χ3n) is 4.91. The first-order valence-corrected chi connectivity index (χ1v) is 11.8. The van der Waals surface area contributed by atoms with E-state index in [1.165, 1.54) is 11.8 Å². The van der Waals surface area contributed by atoms with Crippen LogP contribution < -0.4 is 5.32 Å². The molecule has 3 heterocycles. The molecule has 156 valence electrons. The van der Waals surface area contributed by atoms with Gasteiger partial charge in [-0.2, -0.15) is 0 Å². The van der Waals surface area contributed by atoms with E-state index in [1.807, 2.05) is 48.7 Å². The molecule has 4 rings (SSSR count). The SMILES string of the molecule is CC(C)CC1N=C2c3ccccc3N=C(SC(C)C(=O)NCc3cccs3)N2C1=O. The second-order valence-corrected chi connectivity index (χ2v) is 10.1. The fraction of sp³-hybridized carbons (Fsp3) is 0.364. The molecule has 6 nitrogen and oxygen atoms in total. The maximum absolute atomic E-state index is 13.1. The van der Waals surface area contributed by atoms with Gasteiger partial charge in [0.2, 0.25) is 5.91 Å². The third kappa shape index (κ3) is 4.20. The quantitative estimate of drug-likeness (QED) is 0.732. The monoisotopic (exact) mass is 440 g/mol. The summed E-state index contributed by atoms with van der Waals surface area (Å²) >= 11 is 2.90. The molecule has 0 bridgehead atoms. The number of fused-ring (bicyclic) bond motifs is 3. The number of carbonyl (C=O) groups excluding carboxylic acids is 2. The van der Waals surface area contributed by atoms with E-state index in [0.29, 0.717) is 29.9 Å². The number of nitrogens with one attached hydrogen (secondary N) is 1. The van der Waals surface area contributed by atoms with Crippen LogP contribution in [0, 0.1) is 5.92 Å². The number of rotatable bonds is 6. The number of hydrogen-bond acceptors (Lipinski definition) is 6. The van der Waals surface area contributed by atoms with Gasteiger partial charge >= 0.3 is 0 Å². The van der Waals surface area contributed by atoms with Gasteiger partial charge in [0.25, 0.3) is 5.91 Å². The molecular weight excluding hydrogens is 416 g/mol. The summed E-state index contributed by atoms with van der Waals surface area (Å²) in [7, 11) is 0. The van der Waals surface area contributed by atoms with Gasteiger partial charge in [-0.05, 0) is 42.8 Å². The molecule has 1 N–H and O–H groups in total. The van der Waals surface area contributed by atoms with Gasteiger partial charge in [-0.1, -0.05) is 43.8 Å². The lowest BCUT2D eigenvalue weighted by atomic mass is 10.0. The zero-order valence-electron chi connectivity index (χ0n) is 17.2. The van der Waals surface area contributed by atoms with Crippen molar-refractivity contribution >= 4 is 51.6 Å². The van der Waals surface area contributed by atoms with Crippen LogP contribution in [0.25, 0.3) is 0 Å².